The molecule has 1 amide bonds. The van der Waals surface area contributed by atoms with E-state index in [0.717, 1.165) is 17.6 Å². The Balaban J connectivity index is 1.41. The third-order valence-corrected chi connectivity index (χ3v) is 8.61. The second-order valence-corrected chi connectivity index (χ2v) is 10.8. The highest BCUT2D eigenvalue weighted by atomic mass is 35.5. The van der Waals surface area contributed by atoms with Crippen LogP contribution in [0.15, 0.2) is 32.7 Å². The molecule has 3 aliphatic heterocycles. The molecule has 2 atom stereocenters. The summed E-state index contributed by atoms with van der Waals surface area (Å²) in [5, 5.41) is 3.30. The Morgan fingerprint density at radius 1 is 1.21 bits per heavy atom. The number of nitrogens with zero attached hydrogens (tertiary/aromatic N) is 1. The molecule has 2 aromatic heterocycles. The molecule has 3 fully saturated rings. The molecule has 3 saturated heterocycles. The Labute approximate surface area is 159 Å². The van der Waals surface area contributed by atoms with E-state index in [2.05, 4.69) is 17.1 Å². The first-order chi connectivity index (χ1) is 11.6. The lowest BCUT2D eigenvalue weighted by Gasteiger charge is -2.49. The Bertz CT molecular complexity index is 734. The standard InChI is InChI=1S/C17H19ClN2OS3/c1-10-16(11-6-8-20(10)9-7-11)19-17(21)12-2-4-14(22-12)24-15-5-3-13(18)23-15/h2-5,10-11,16H,6-9H2,1H3,(H,19,21)/t10-,16+/m1/s1. The number of piperidine rings is 3. The van der Waals surface area contributed by atoms with Gasteiger partial charge in [0.1, 0.15) is 0 Å². The van der Waals surface area contributed by atoms with Crippen molar-refractivity contribution in [2.75, 3.05) is 13.1 Å². The van der Waals surface area contributed by atoms with Gasteiger partial charge in [0.15, 0.2) is 0 Å². The summed E-state index contributed by atoms with van der Waals surface area (Å²) in [5.74, 6) is 0.706. The molecule has 24 heavy (non-hydrogen) atoms. The summed E-state index contributed by atoms with van der Waals surface area (Å²) in [4.78, 5) is 16.0. The van der Waals surface area contributed by atoms with E-state index in [0.29, 0.717) is 12.0 Å². The van der Waals surface area contributed by atoms with Gasteiger partial charge in [-0.25, -0.2) is 0 Å². The van der Waals surface area contributed by atoms with Crippen LogP contribution in [0, 0.1) is 5.92 Å². The minimum Gasteiger partial charge on any atom is -0.347 e. The summed E-state index contributed by atoms with van der Waals surface area (Å²) in [6.45, 7) is 4.61. The van der Waals surface area contributed by atoms with Crippen LogP contribution in [-0.4, -0.2) is 36.0 Å². The molecule has 3 nitrogen and oxygen atoms in total. The smallest absolute Gasteiger partial charge is 0.261 e. The van der Waals surface area contributed by atoms with Crippen LogP contribution < -0.4 is 5.32 Å². The Hall–Kier alpha value is -0.530. The van der Waals surface area contributed by atoms with Gasteiger partial charge < -0.3 is 5.32 Å². The molecule has 0 aliphatic carbocycles. The van der Waals surface area contributed by atoms with Crippen molar-refractivity contribution in [3.8, 4) is 0 Å². The van der Waals surface area contributed by atoms with Crippen molar-refractivity contribution in [3.05, 3.63) is 33.5 Å². The third-order valence-electron chi connectivity index (χ3n) is 5.03. The molecule has 0 saturated carbocycles. The topological polar surface area (TPSA) is 32.3 Å². The van der Waals surface area contributed by atoms with Crippen molar-refractivity contribution in [3.63, 3.8) is 0 Å². The predicted octanol–water partition coefficient (Wildman–Crippen LogP) is 4.83. The summed E-state index contributed by atoms with van der Waals surface area (Å²) in [7, 11) is 0. The summed E-state index contributed by atoms with van der Waals surface area (Å²) in [6, 6.07) is 8.62. The minimum absolute atomic E-state index is 0.0710. The van der Waals surface area contributed by atoms with Gasteiger partial charge >= 0.3 is 0 Å². The maximum absolute atomic E-state index is 12.7. The highest BCUT2D eigenvalue weighted by Crippen LogP contribution is 2.39. The molecule has 5 heterocycles. The Morgan fingerprint density at radius 2 is 1.92 bits per heavy atom. The first-order valence-corrected chi connectivity index (χ1v) is 11.0. The molecule has 0 radical (unpaired) electrons. The lowest BCUT2D eigenvalue weighted by Crippen LogP contribution is -2.62. The highest BCUT2D eigenvalue weighted by molar-refractivity contribution is 8.03. The van der Waals surface area contributed by atoms with Crippen LogP contribution in [0.1, 0.15) is 29.4 Å². The maximum Gasteiger partial charge on any atom is 0.261 e. The first-order valence-electron chi connectivity index (χ1n) is 8.18. The molecule has 128 valence electrons. The second kappa shape index (κ2) is 7.00. The van der Waals surface area contributed by atoms with Crippen molar-refractivity contribution in [2.24, 2.45) is 5.92 Å². The minimum atomic E-state index is 0.0710. The molecule has 0 unspecified atom stereocenters. The van der Waals surface area contributed by atoms with Gasteiger partial charge in [-0.1, -0.05) is 23.4 Å². The fourth-order valence-corrected chi connectivity index (χ4v) is 7.31. The number of thiophene rings is 2. The van der Waals surface area contributed by atoms with Crippen LogP contribution in [0.5, 0.6) is 0 Å². The van der Waals surface area contributed by atoms with Gasteiger partial charge in [0.25, 0.3) is 5.91 Å². The third kappa shape index (κ3) is 3.40. The lowest BCUT2D eigenvalue weighted by atomic mass is 9.79. The zero-order valence-corrected chi connectivity index (χ0v) is 16.5. The quantitative estimate of drug-likeness (QED) is 0.800. The normalized spacial score (nSPS) is 28.9. The van der Waals surface area contributed by atoms with Gasteiger partial charge in [-0.3, -0.25) is 9.69 Å². The van der Waals surface area contributed by atoms with E-state index in [1.165, 1.54) is 25.9 Å². The summed E-state index contributed by atoms with van der Waals surface area (Å²) < 4.78 is 3.07. The number of hydrogen-bond donors (Lipinski definition) is 1. The van der Waals surface area contributed by atoms with Crippen LogP contribution in [-0.2, 0) is 0 Å². The van der Waals surface area contributed by atoms with E-state index in [1.54, 1.807) is 34.4 Å². The fourth-order valence-electron chi connectivity index (χ4n) is 3.72. The molecule has 5 rings (SSSR count). The SMILES string of the molecule is C[C@@H]1[C@H](NC(=O)c2ccc(Sc3ccc(Cl)s3)s2)C2CCN1CC2. The molecule has 3 aliphatic rings. The number of fused-ring (bicyclic) bond motifs is 3. The molecule has 2 aromatic rings. The van der Waals surface area contributed by atoms with Crippen molar-refractivity contribution in [1.82, 2.24) is 10.2 Å². The van der Waals surface area contributed by atoms with E-state index in [-0.39, 0.29) is 11.9 Å². The zero-order chi connectivity index (χ0) is 16.7. The predicted molar refractivity (Wildman–Crippen MR) is 103 cm³/mol. The zero-order valence-electron chi connectivity index (χ0n) is 13.3. The van der Waals surface area contributed by atoms with E-state index >= 15 is 0 Å². The van der Waals surface area contributed by atoms with E-state index in [1.807, 2.05) is 24.3 Å². The van der Waals surface area contributed by atoms with E-state index in [9.17, 15) is 4.79 Å². The van der Waals surface area contributed by atoms with Crippen molar-refractivity contribution < 1.29 is 4.79 Å². The monoisotopic (exact) mass is 398 g/mol. The average molecular weight is 399 g/mol. The largest absolute Gasteiger partial charge is 0.347 e. The number of nitrogens with one attached hydrogen (secondary N) is 1. The van der Waals surface area contributed by atoms with Crippen LogP contribution in [0.25, 0.3) is 0 Å². The highest BCUT2D eigenvalue weighted by Gasteiger charge is 2.40. The maximum atomic E-state index is 12.7. The Morgan fingerprint density at radius 3 is 2.58 bits per heavy atom. The van der Waals surface area contributed by atoms with Gasteiger partial charge in [0.2, 0.25) is 0 Å². The van der Waals surface area contributed by atoms with Crippen molar-refractivity contribution in [1.29, 1.82) is 0 Å². The number of halogens is 1. The van der Waals surface area contributed by atoms with Crippen LogP contribution >= 0.6 is 46.0 Å². The number of hydrogen-bond acceptors (Lipinski definition) is 5. The van der Waals surface area contributed by atoms with Gasteiger partial charge in [-0.2, -0.15) is 0 Å². The van der Waals surface area contributed by atoms with Gasteiger partial charge in [0, 0.05) is 12.1 Å². The average Bonchev–Trinajstić information content (AvgIpc) is 3.21. The second-order valence-electron chi connectivity index (χ2n) is 6.39. The number of carbonyl (C=O) groups excluding carboxylic acids is 1. The van der Waals surface area contributed by atoms with Crippen molar-refractivity contribution >= 4 is 51.9 Å². The molecule has 1 N–H and O–H groups in total. The van der Waals surface area contributed by atoms with E-state index in [4.69, 9.17) is 11.6 Å². The first kappa shape index (κ1) is 16.9. The van der Waals surface area contributed by atoms with Crippen LogP contribution in [0.4, 0.5) is 0 Å². The summed E-state index contributed by atoms with van der Waals surface area (Å²) in [5.41, 5.74) is 0. The lowest BCUT2D eigenvalue weighted by molar-refractivity contribution is 0.0218. The molecule has 7 heteroatoms. The molecule has 2 bridgehead atoms. The molecule has 0 aromatic carbocycles. The number of carbonyl (C=O) groups is 1. The number of amides is 1. The molecule has 0 spiro atoms. The van der Waals surface area contributed by atoms with E-state index < -0.39 is 0 Å². The summed E-state index contributed by atoms with van der Waals surface area (Å²) >= 11 is 10.8. The van der Waals surface area contributed by atoms with Gasteiger partial charge in [0.05, 0.1) is 17.6 Å². The number of rotatable bonds is 4. The van der Waals surface area contributed by atoms with Crippen molar-refractivity contribution in [2.45, 2.75) is 40.3 Å². The summed E-state index contributed by atoms with van der Waals surface area (Å²) in [6.07, 6.45) is 2.42. The van der Waals surface area contributed by atoms with Gasteiger partial charge in [-0.05, 0) is 63.0 Å². The molecular weight excluding hydrogens is 380 g/mol. The van der Waals surface area contributed by atoms with Crippen LogP contribution in [0.2, 0.25) is 4.34 Å². The molecular formula is C17H19ClN2OS3. The van der Waals surface area contributed by atoms with Gasteiger partial charge in [-0.15, -0.1) is 22.7 Å². The Kier molecular flexibility index (Phi) is 4.93. The fraction of sp³-hybridized carbons (Fsp3) is 0.471. The van der Waals surface area contributed by atoms with Crippen LogP contribution in [0.3, 0.4) is 0 Å².